The van der Waals surface area contributed by atoms with Gasteiger partial charge in [-0.3, -0.25) is 6.08 Å². The summed E-state index contributed by atoms with van der Waals surface area (Å²) in [5, 5.41) is 5.48. The fraction of sp³-hybridized carbons (Fsp3) is 0.351. The van der Waals surface area contributed by atoms with E-state index < -0.39 is 11.7 Å². The minimum Gasteiger partial charge on any atom is -1.00 e. The molecule has 0 fully saturated rings. The molecule has 0 aliphatic heterocycles. The van der Waals surface area contributed by atoms with Gasteiger partial charge >= 0.3 is 34.6 Å². The van der Waals surface area contributed by atoms with E-state index in [2.05, 4.69) is 127 Å². The van der Waals surface area contributed by atoms with E-state index in [1.807, 2.05) is 0 Å². The fourth-order valence-corrected chi connectivity index (χ4v) is 4.53. The van der Waals surface area contributed by atoms with Gasteiger partial charge in [-0.15, -0.1) is 46.7 Å². The molecule has 5 rings (SSSR count). The van der Waals surface area contributed by atoms with Crippen molar-refractivity contribution in [3.05, 3.63) is 113 Å². The maximum atomic E-state index is 11.8. The van der Waals surface area contributed by atoms with Crippen molar-refractivity contribution in [2.45, 2.75) is 79.3 Å². The van der Waals surface area contributed by atoms with E-state index in [-0.39, 0.29) is 35.6 Å². The Bertz CT molecular complexity index is 1410. The molecule has 0 saturated heterocycles. The molecule has 6 heteroatoms. The van der Waals surface area contributed by atoms with Crippen LogP contribution in [-0.2, 0) is 41.2 Å². The van der Waals surface area contributed by atoms with Gasteiger partial charge in [0.2, 0.25) is 0 Å². The number of alkyl halides is 3. The van der Waals surface area contributed by atoms with E-state index in [0.717, 1.165) is 12.1 Å². The molecule has 0 radical (unpaired) electrons. The molecule has 0 heterocycles. The summed E-state index contributed by atoms with van der Waals surface area (Å²) in [7, 11) is 0. The van der Waals surface area contributed by atoms with E-state index >= 15 is 0 Å². The van der Waals surface area contributed by atoms with Gasteiger partial charge < -0.3 is 24.8 Å². The van der Waals surface area contributed by atoms with Crippen molar-refractivity contribution in [1.29, 1.82) is 0 Å². The van der Waals surface area contributed by atoms with Crippen LogP contribution in [0.2, 0.25) is 0 Å². The molecule has 43 heavy (non-hydrogen) atoms. The van der Waals surface area contributed by atoms with Gasteiger partial charge in [0.05, 0.1) is 0 Å². The van der Waals surface area contributed by atoms with Gasteiger partial charge in [-0.2, -0.15) is 49.6 Å². The minimum absolute atomic E-state index is 0. The number of hydrogen-bond donors (Lipinski definition) is 0. The first-order valence-electron chi connectivity index (χ1n) is 13.8. The summed E-state index contributed by atoms with van der Waals surface area (Å²) in [4.78, 5) is 0. The normalized spacial score (nSPS) is 14.4. The third-order valence-electron chi connectivity index (χ3n) is 7.02. The molecule has 232 valence electrons. The number of benzene rings is 3. The van der Waals surface area contributed by atoms with Crippen LogP contribution in [0, 0.1) is 18.1 Å². The van der Waals surface area contributed by atoms with Gasteiger partial charge in [-0.1, -0.05) is 102 Å². The molecule has 1 atom stereocenters. The molecule has 0 amide bonds. The Morgan fingerprint density at radius 3 is 1.40 bits per heavy atom. The molecule has 4 aromatic rings. The van der Waals surface area contributed by atoms with E-state index in [0.29, 0.717) is 5.92 Å². The van der Waals surface area contributed by atoms with Crippen molar-refractivity contribution in [2.24, 2.45) is 5.92 Å². The van der Waals surface area contributed by atoms with Crippen LogP contribution in [0.1, 0.15) is 79.0 Å². The predicted molar refractivity (Wildman–Crippen MR) is 167 cm³/mol. The predicted octanol–water partition coefficient (Wildman–Crippen LogP) is 5.12. The molecule has 0 bridgehead atoms. The van der Waals surface area contributed by atoms with Crippen LogP contribution in [0.3, 0.4) is 0 Å². The van der Waals surface area contributed by atoms with Crippen molar-refractivity contribution in [3.63, 3.8) is 0 Å². The van der Waals surface area contributed by atoms with Crippen LogP contribution in [0.25, 0.3) is 21.5 Å². The standard InChI is InChI=1S/C21H25.C8H11.C7H4F3.CH2.2ClH.Zr/c1-20(2,3)16-7-9-18-14(12-16)11-15-13-17(21(4,5)6)8-10-19(15)18;1-6-4-7(2)8(3)5-6;8-7(9,10)6-4-2-1-3-5-6;;;;/h7-13H,1-6H3;4,6H,1-3H3;2-5H;1H2;2*1H;/q3*-1;;;;+2/p-2. The number of rotatable bonds is 0. The Morgan fingerprint density at radius 2 is 1.14 bits per heavy atom. The largest absolute Gasteiger partial charge is 1.00 e. The Labute approximate surface area is 284 Å². The molecule has 1 unspecified atom stereocenters. The van der Waals surface area contributed by atoms with Crippen LogP contribution in [-0.4, -0.2) is 4.21 Å². The van der Waals surface area contributed by atoms with Gasteiger partial charge in [-0.25, -0.2) is 11.1 Å². The Morgan fingerprint density at radius 1 is 0.721 bits per heavy atom. The third kappa shape index (κ3) is 11.9. The molecular weight excluding hydrogens is 664 g/mol. The average molecular weight is 706 g/mol. The summed E-state index contributed by atoms with van der Waals surface area (Å²) in [6.07, 6.45) is 1.29. The summed E-state index contributed by atoms with van der Waals surface area (Å²) in [5.41, 5.74) is 5.28. The second-order valence-electron chi connectivity index (χ2n) is 12.4. The van der Waals surface area contributed by atoms with E-state index in [1.165, 1.54) is 80.2 Å². The zero-order valence-corrected chi connectivity index (χ0v) is 30.6. The number of fused-ring (bicyclic) bond motifs is 3. The smallest absolute Gasteiger partial charge is 1.00 e. The fourth-order valence-electron chi connectivity index (χ4n) is 4.53. The first kappa shape index (κ1) is 41.1. The summed E-state index contributed by atoms with van der Waals surface area (Å²) in [6, 6.07) is 23.1. The van der Waals surface area contributed by atoms with Gasteiger partial charge in [0.1, 0.15) is 0 Å². The topological polar surface area (TPSA) is 0 Å². The maximum absolute atomic E-state index is 11.8. The van der Waals surface area contributed by atoms with Crippen LogP contribution < -0.4 is 24.8 Å². The molecule has 0 spiro atoms. The molecule has 0 nitrogen and oxygen atoms in total. The minimum atomic E-state index is -4.23. The van der Waals surface area contributed by atoms with Gasteiger partial charge in [0, 0.05) is 0 Å². The Balaban J connectivity index is 0.000000673. The van der Waals surface area contributed by atoms with Crippen molar-refractivity contribution < 1.29 is 62.2 Å². The van der Waals surface area contributed by atoms with Gasteiger partial charge in [0.25, 0.3) is 0 Å². The van der Waals surface area contributed by atoms with Crippen LogP contribution in [0.4, 0.5) is 13.2 Å². The van der Waals surface area contributed by atoms with E-state index in [4.69, 9.17) is 0 Å². The van der Waals surface area contributed by atoms with Crippen molar-refractivity contribution in [3.8, 4) is 0 Å². The molecule has 1 aliphatic rings. The van der Waals surface area contributed by atoms with Gasteiger partial charge in [0.15, 0.2) is 0 Å². The Kier molecular flexibility index (Phi) is 16.3. The molecule has 0 aromatic heterocycles. The zero-order valence-electron chi connectivity index (χ0n) is 26.6. The second kappa shape index (κ2) is 17.0. The van der Waals surface area contributed by atoms with Crippen molar-refractivity contribution in [2.75, 3.05) is 0 Å². The van der Waals surface area contributed by atoms with Crippen molar-refractivity contribution in [1.82, 2.24) is 0 Å². The van der Waals surface area contributed by atoms with E-state index in [1.54, 1.807) is 0 Å². The summed E-state index contributed by atoms with van der Waals surface area (Å²) < 4.78 is 38.7. The molecule has 4 aromatic carbocycles. The molecule has 0 N–H and O–H groups in total. The second-order valence-corrected chi connectivity index (χ2v) is 12.4. The maximum Gasteiger partial charge on any atom is -1.00 e. The number of allylic oxidation sites excluding steroid dienone is 4. The quantitative estimate of drug-likeness (QED) is 0.223. The van der Waals surface area contributed by atoms with Crippen molar-refractivity contribution >= 4 is 25.8 Å². The third-order valence-corrected chi connectivity index (χ3v) is 7.02. The van der Waals surface area contributed by atoms with E-state index in [9.17, 15) is 13.2 Å². The summed E-state index contributed by atoms with van der Waals surface area (Å²) in [6.45, 7) is 20.0. The first-order valence-corrected chi connectivity index (χ1v) is 15.5. The Hall–Kier alpha value is -1.87. The SMILES string of the molecule is CC(C)(C)c1ccc2c(c1)[cH-]c1cc(C(C)(C)C)ccc12.CC1=[C-]C(C)C=C1C.FC(F)(F)c1cc[c-]cc1.[CH2]=[Zr+2].[Cl-].[Cl-]. The molecule has 0 saturated carbocycles. The molecular formula is C37H42Cl2F3Zr-3. The summed E-state index contributed by atoms with van der Waals surface area (Å²) in [5.74, 6) is 0.551. The van der Waals surface area contributed by atoms with Crippen LogP contribution >= 0.6 is 0 Å². The zero-order chi connectivity index (χ0) is 31.2. The number of hydrogen-bond acceptors (Lipinski definition) is 0. The molecule has 1 aliphatic carbocycles. The van der Waals surface area contributed by atoms with Crippen LogP contribution in [0.5, 0.6) is 0 Å². The number of halogens is 5. The summed E-state index contributed by atoms with van der Waals surface area (Å²) >= 11 is 1.30. The van der Waals surface area contributed by atoms with Crippen LogP contribution in [0.15, 0.2) is 84.0 Å². The average Bonchev–Trinajstić information content (AvgIpc) is 3.41. The first-order chi connectivity index (χ1) is 19.0. The monoisotopic (exact) mass is 703 g/mol. The van der Waals surface area contributed by atoms with Gasteiger partial charge in [-0.05, 0) is 10.8 Å².